The van der Waals surface area contributed by atoms with Crippen molar-refractivity contribution in [3.8, 4) is 0 Å². The van der Waals surface area contributed by atoms with Crippen LogP contribution in [0.2, 0.25) is 0 Å². The molecule has 1 atom stereocenters. The van der Waals surface area contributed by atoms with E-state index in [4.69, 9.17) is 10.2 Å². The SMILES string of the molecule is Cc1cc(C(=O)O)cc(S(=O)(=O)NCC(O)C(F)F)c1Br. The van der Waals surface area contributed by atoms with Crippen LogP contribution in [0.4, 0.5) is 8.78 Å². The molecule has 118 valence electrons. The highest BCUT2D eigenvalue weighted by Crippen LogP contribution is 2.27. The van der Waals surface area contributed by atoms with Crippen molar-refractivity contribution in [2.75, 3.05) is 6.54 Å². The summed E-state index contributed by atoms with van der Waals surface area (Å²) in [6.45, 7) is 0.604. The summed E-state index contributed by atoms with van der Waals surface area (Å²) in [4.78, 5) is 10.5. The molecule has 21 heavy (non-hydrogen) atoms. The molecule has 0 amide bonds. The molecular weight excluding hydrogens is 376 g/mol. The molecule has 1 aromatic rings. The van der Waals surface area contributed by atoms with Crippen molar-refractivity contribution in [2.24, 2.45) is 0 Å². The molecular formula is C11H12BrF2NO5S. The van der Waals surface area contributed by atoms with E-state index in [2.05, 4.69) is 15.9 Å². The number of carbonyl (C=O) groups is 1. The summed E-state index contributed by atoms with van der Waals surface area (Å²) in [5.41, 5.74) is 0.0927. The van der Waals surface area contributed by atoms with Gasteiger partial charge in [0.15, 0.2) is 0 Å². The number of rotatable bonds is 6. The van der Waals surface area contributed by atoms with Gasteiger partial charge in [0.2, 0.25) is 10.0 Å². The summed E-state index contributed by atoms with van der Waals surface area (Å²) in [6.07, 6.45) is -5.24. The summed E-state index contributed by atoms with van der Waals surface area (Å²) in [7, 11) is -4.25. The Kier molecular flexibility index (Phi) is 5.79. The van der Waals surface area contributed by atoms with E-state index < -0.39 is 40.0 Å². The minimum absolute atomic E-state index is 0.117. The van der Waals surface area contributed by atoms with E-state index >= 15 is 0 Å². The zero-order valence-corrected chi connectivity index (χ0v) is 13.1. The molecule has 0 heterocycles. The maximum atomic E-state index is 12.1. The third-order valence-corrected chi connectivity index (χ3v) is 5.29. The van der Waals surface area contributed by atoms with Gasteiger partial charge < -0.3 is 10.2 Å². The van der Waals surface area contributed by atoms with Crippen LogP contribution in [0.15, 0.2) is 21.5 Å². The van der Waals surface area contributed by atoms with Crippen molar-refractivity contribution in [3.05, 3.63) is 27.7 Å². The minimum Gasteiger partial charge on any atom is -0.478 e. The number of aromatic carboxylic acids is 1. The van der Waals surface area contributed by atoms with Crippen molar-refractivity contribution in [1.82, 2.24) is 4.72 Å². The Hall–Kier alpha value is -1.10. The highest BCUT2D eigenvalue weighted by Gasteiger charge is 2.24. The van der Waals surface area contributed by atoms with Gasteiger partial charge in [0.05, 0.1) is 10.5 Å². The third-order valence-electron chi connectivity index (χ3n) is 2.53. The second-order valence-electron chi connectivity index (χ2n) is 4.16. The Bertz CT molecular complexity index is 650. The van der Waals surface area contributed by atoms with Gasteiger partial charge in [-0.15, -0.1) is 0 Å². The number of alkyl halides is 2. The second-order valence-corrected chi connectivity index (χ2v) is 6.69. The lowest BCUT2D eigenvalue weighted by molar-refractivity contribution is -0.000453. The summed E-state index contributed by atoms with van der Waals surface area (Å²) in [6, 6.07) is 2.16. The van der Waals surface area contributed by atoms with E-state index in [1.807, 2.05) is 4.72 Å². The molecule has 1 rings (SSSR count). The minimum atomic E-state index is -4.25. The molecule has 3 N–H and O–H groups in total. The summed E-state index contributed by atoms with van der Waals surface area (Å²) in [5, 5.41) is 17.8. The number of nitrogens with one attached hydrogen (secondary N) is 1. The fourth-order valence-electron chi connectivity index (χ4n) is 1.42. The summed E-state index contributed by atoms with van der Waals surface area (Å²) in [5.74, 6) is -1.32. The Morgan fingerprint density at radius 2 is 2.00 bits per heavy atom. The van der Waals surface area contributed by atoms with Crippen molar-refractivity contribution < 1.29 is 32.2 Å². The number of hydrogen-bond donors (Lipinski definition) is 3. The monoisotopic (exact) mass is 387 g/mol. The molecule has 10 heteroatoms. The smallest absolute Gasteiger partial charge is 0.335 e. The molecule has 1 aromatic carbocycles. The Morgan fingerprint density at radius 3 is 2.48 bits per heavy atom. The second kappa shape index (κ2) is 6.77. The molecule has 0 aliphatic carbocycles. The molecule has 0 radical (unpaired) electrons. The van der Waals surface area contributed by atoms with E-state index in [1.165, 1.54) is 13.0 Å². The van der Waals surface area contributed by atoms with Crippen LogP contribution in [-0.2, 0) is 10.0 Å². The number of aliphatic hydroxyl groups excluding tert-OH is 1. The van der Waals surface area contributed by atoms with Crippen LogP contribution < -0.4 is 4.72 Å². The molecule has 0 spiro atoms. The number of carboxylic acids is 1. The molecule has 0 saturated heterocycles. The first-order valence-electron chi connectivity index (χ1n) is 5.55. The lowest BCUT2D eigenvalue weighted by atomic mass is 10.1. The number of aryl methyl sites for hydroxylation is 1. The van der Waals surface area contributed by atoms with Gasteiger partial charge in [-0.05, 0) is 40.5 Å². The van der Waals surface area contributed by atoms with E-state index in [0.717, 1.165) is 6.07 Å². The Labute approximate surface area is 128 Å². The molecule has 0 saturated carbocycles. The first-order valence-corrected chi connectivity index (χ1v) is 7.83. The van der Waals surface area contributed by atoms with Crippen LogP contribution in [0.25, 0.3) is 0 Å². The van der Waals surface area contributed by atoms with Gasteiger partial charge in [-0.25, -0.2) is 26.7 Å². The Balaban J connectivity index is 3.16. The maximum absolute atomic E-state index is 12.1. The highest BCUT2D eigenvalue weighted by molar-refractivity contribution is 9.10. The number of halogens is 3. The van der Waals surface area contributed by atoms with Crippen LogP contribution in [0.3, 0.4) is 0 Å². The number of benzene rings is 1. The molecule has 6 nitrogen and oxygen atoms in total. The molecule has 0 aliphatic heterocycles. The van der Waals surface area contributed by atoms with E-state index in [9.17, 15) is 22.0 Å². The van der Waals surface area contributed by atoms with Gasteiger partial charge in [0, 0.05) is 11.0 Å². The van der Waals surface area contributed by atoms with Crippen LogP contribution in [0.1, 0.15) is 15.9 Å². The normalized spacial score (nSPS) is 13.4. The predicted octanol–water partition coefficient (Wildman–Crippen LogP) is 1.36. The number of sulfonamides is 1. The quantitative estimate of drug-likeness (QED) is 0.683. The van der Waals surface area contributed by atoms with Crippen LogP contribution in [0.5, 0.6) is 0 Å². The summed E-state index contributed by atoms with van der Waals surface area (Å²) < 4.78 is 50.3. The van der Waals surface area contributed by atoms with Crippen molar-refractivity contribution in [2.45, 2.75) is 24.3 Å². The Morgan fingerprint density at radius 1 is 1.43 bits per heavy atom. The predicted molar refractivity (Wildman–Crippen MR) is 73.0 cm³/mol. The number of carboxylic acid groups (broad SMARTS) is 1. The van der Waals surface area contributed by atoms with E-state index in [-0.39, 0.29) is 10.0 Å². The zero-order valence-electron chi connectivity index (χ0n) is 10.7. The van der Waals surface area contributed by atoms with Gasteiger partial charge >= 0.3 is 5.97 Å². The molecule has 0 bridgehead atoms. The lowest BCUT2D eigenvalue weighted by Gasteiger charge is -2.13. The van der Waals surface area contributed by atoms with Gasteiger partial charge in [0.1, 0.15) is 6.10 Å². The molecule has 1 unspecified atom stereocenters. The fraction of sp³-hybridized carbons (Fsp3) is 0.364. The average molecular weight is 388 g/mol. The standard InChI is InChI=1S/C11H12BrF2NO5S/c1-5-2-6(11(17)18)3-8(9(5)12)21(19,20)15-4-7(16)10(13)14/h2-3,7,10,15-16H,4H2,1H3,(H,17,18). The third kappa shape index (κ3) is 4.43. The van der Waals surface area contributed by atoms with Crippen LogP contribution in [-0.4, -0.2) is 43.7 Å². The van der Waals surface area contributed by atoms with Crippen molar-refractivity contribution >= 4 is 31.9 Å². The van der Waals surface area contributed by atoms with Crippen molar-refractivity contribution in [1.29, 1.82) is 0 Å². The van der Waals surface area contributed by atoms with E-state index in [1.54, 1.807) is 0 Å². The molecule has 0 aromatic heterocycles. The summed E-state index contributed by atoms with van der Waals surface area (Å²) >= 11 is 3.01. The molecule has 0 aliphatic rings. The number of hydrogen-bond acceptors (Lipinski definition) is 4. The van der Waals surface area contributed by atoms with Crippen molar-refractivity contribution in [3.63, 3.8) is 0 Å². The average Bonchev–Trinajstić information content (AvgIpc) is 2.38. The molecule has 0 fully saturated rings. The van der Waals surface area contributed by atoms with Gasteiger partial charge in [-0.3, -0.25) is 0 Å². The highest BCUT2D eigenvalue weighted by atomic mass is 79.9. The van der Waals surface area contributed by atoms with Gasteiger partial charge in [0.25, 0.3) is 6.43 Å². The zero-order chi connectivity index (χ0) is 16.4. The van der Waals surface area contributed by atoms with Gasteiger partial charge in [-0.1, -0.05) is 0 Å². The lowest BCUT2D eigenvalue weighted by Crippen LogP contribution is -2.36. The van der Waals surface area contributed by atoms with Crippen LogP contribution in [0, 0.1) is 6.92 Å². The van der Waals surface area contributed by atoms with Crippen LogP contribution >= 0.6 is 15.9 Å². The topological polar surface area (TPSA) is 104 Å². The fourth-order valence-corrected chi connectivity index (χ4v) is 3.51. The van der Waals surface area contributed by atoms with Gasteiger partial charge in [-0.2, -0.15) is 0 Å². The van der Waals surface area contributed by atoms with E-state index in [0.29, 0.717) is 5.56 Å². The number of aliphatic hydroxyl groups is 1. The largest absolute Gasteiger partial charge is 0.478 e. The first kappa shape index (κ1) is 18.0. The maximum Gasteiger partial charge on any atom is 0.335 e. The first-order chi connectivity index (χ1) is 9.56.